The standard InChI is InChI=1S/C14H11NO2.C14H11NOS/c1-9-2-4-10(5-3-9)11-6-7-13-12(8-11)14(16)15-17-13;1-9-2-4-10(5-3-9)11-6-7-12-13(8-11)17-15-14(12)16/h2*2-8H,1H3,(H,15,16). The summed E-state index contributed by atoms with van der Waals surface area (Å²) < 4.78 is 8.78. The summed E-state index contributed by atoms with van der Waals surface area (Å²) in [6, 6.07) is 28.1. The second kappa shape index (κ2) is 9.00. The van der Waals surface area contributed by atoms with Crippen LogP contribution in [0.15, 0.2) is 99.0 Å². The number of aryl methyl sites for hydroxylation is 2. The van der Waals surface area contributed by atoms with Gasteiger partial charge in [0, 0.05) is 0 Å². The van der Waals surface area contributed by atoms with Crippen LogP contribution in [0.2, 0.25) is 0 Å². The number of nitrogens with one attached hydrogen (secondary N) is 2. The molecule has 5 nitrogen and oxygen atoms in total. The number of rotatable bonds is 2. The van der Waals surface area contributed by atoms with Crippen molar-refractivity contribution in [1.82, 2.24) is 9.53 Å². The van der Waals surface area contributed by atoms with E-state index in [0.29, 0.717) is 11.0 Å². The normalized spacial score (nSPS) is 10.9. The van der Waals surface area contributed by atoms with Crippen LogP contribution < -0.4 is 11.1 Å². The van der Waals surface area contributed by atoms with Gasteiger partial charge in [0.05, 0.1) is 15.5 Å². The Morgan fingerprint density at radius 2 is 1.18 bits per heavy atom. The van der Waals surface area contributed by atoms with E-state index in [-0.39, 0.29) is 11.1 Å². The molecule has 0 unspecified atom stereocenters. The highest BCUT2D eigenvalue weighted by atomic mass is 32.1. The van der Waals surface area contributed by atoms with Gasteiger partial charge >= 0.3 is 0 Å². The predicted molar refractivity (Wildman–Crippen MR) is 140 cm³/mol. The molecule has 6 heteroatoms. The van der Waals surface area contributed by atoms with Crippen LogP contribution in [-0.4, -0.2) is 9.53 Å². The van der Waals surface area contributed by atoms with Crippen molar-refractivity contribution in [3.63, 3.8) is 0 Å². The Labute approximate surface area is 199 Å². The van der Waals surface area contributed by atoms with Crippen molar-refractivity contribution >= 4 is 32.6 Å². The van der Waals surface area contributed by atoms with E-state index in [9.17, 15) is 9.59 Å². The first-order valence-corrected chi connectivity index (χ1v) is 11.7. The summed E-state index contributed by atoms with van der Waals surface area (Å²) in [4.78, 5) is 22.9. The summed E-state index contributed by atoms with van der Waals surface area (Å²) in [5, 5.41) is 3.69. The Bertz CT molecular complexity index is 1700. The highest BCUT2D eigenvalue weighted by molar-refractivity contribution is 7.13. The fourth-order valence-corrected chi connectivity index (χ4v) is 4.52. The third-order valence-electron chi connectivity index (χ3n) is 5.73. The zero-order valence-electron chi connectivity index (χ0n) is 18.7. The number of aromatic amines is 2. The van der Waals surface area contributed by atoms with E-state index in [4.69, 9.17) is 4.52 Å². The van der Waals surface area contributed by atoms with Crippen LogP contribution in [0.3, 0.4) is 0 Å². The molecule has 0 saturated heterocycles. The predicted octanol–water partition coefficient (Wildman–Crippen LogP) is 6.66. The van der Waals surface area contributed by atoms with Crippen molar-refractivity contribution in [2.24, 2.45) is 0 Å². The van der Waals surface area contributed by atoms with Crippen LogP contribution in [0.4, 0.5) is 0 Å². The molecule has 0 bridgehead atoms. The van der Waals surface area contributed by atoms with Gasteiger partial charge in [-0.25, -0.2) is 0 Å². The maximum atomic E-state index is 11.5. The Kier molecular flexibility index (Phi) is 5.74. The fraction of sp³-hybridized carbons (Fsp3) is 0.0714. The zero-order valence-corrected chi connectivity index (χ0v) is 19.5. The zero-order chi connectivity index (χ0) is 23.7. The minimum Gasteiger partial charge on any atom is -0.378 e. The molecule has 0 fully saturated rings. The van der Waals surface area contributed by atoms with Gasteiger partial charge in [-0.1, -0.05) is 83.3 Å². The van der Waals surface area contributed by atoms with Crippen LogP contribution in [0, 0.1) is 13.8 Å². The average Bonchev–Trinajstić information content (AvgIpc) is 3.42. The van der Waals surface area contributed by atoms with Crippen molar-refractivity contribution in [2.75, 3.05) is 0 Å². The summed E-state index contributed by atoms with van der Waals surface area (Å²) in [5.41, 5.74) is 7.31. The van der Waals surface area contributed by atoms with Crippen molar-refractivity contribution < 1.29 is 4.52 Å². The van der Waals surface area contributed by atoms with Crippen molar-refractivity contribution in [2.45, 2.75) is 13.8 Å². The van der Waals surface area contributed by atoms with E-state index in [1.54, 1.807) is 0 Å². The molecule has 0 amide bonds. The number of hydrogen-bond acceptors (Lipinski definition) is 4. The largest absolute Gasteiger partial charge is 0.378 e. The van der Waals surface area contributed by atoms with Gasteiger partial charge in [0.15, 0.2) is 5.58 Å². The Balaban J connectivity index is 0.000000142. The molecule has 0 aliphatic carbocycles. The molecule has 6 aromatic rings. The maximum Gasteiger partial charge on any atom is 0.287 e. The molecule has 2 heterocycles. The molecule has 0 atom stereocenters. The molecule has 168 valence electrons. The van der Waals surface area contributed by atoms with Crippen molar-refractivity contribution in [1.29, 1.82) is 0 Å². The van der Waals surface area contributed by atoms with Crippen LogP contribution >= 0.6 is 11.5 Å². The van der Waals surface area contributed by atoms with Gasteiger partial charge in [-0.2, -0.15) is 5.16 Å². The molecule has 0 radical (unpaired) electrons. The molecule has 0 spiro atoms. The molecule has 2 N–H and O–H groups in total. The van der Waals surface area contributed by atoms with E-state index in [1.165, 1.54) is 28.2 Å². The molecule has 0 saturated carbocycles. The number of fused-ring (bicyclic) bond motifs is 2. The topological polar surface area (TPSA) is 78.9 Å². The first kappa shape index (κ1) is 21.7. The SMILES string of the molecule is Cc1ccc(-c2ccc3c(=O)[nH]sc3c2)cc1.Cc1ccc(-c2ccc3o[nH]c(=O)c3c2)cc1. The van der Waals surface area contributed by atoms with E-state index in [2.05, 4.69) is 58.9 Å². The number of benzene rings is 4. The minimum absolute atomic E-state index is 0.000422. The Morgan fingerprint density at radius 1 is 0.618 bits per heavy atom. The van der Waals surface area contributed by atoms with Gasteiger partial charge in [-0.15, -0.1) is 0 Å². The highest BCUT2D eigenvalue weighted by Gasteiger charge is 2.06. The van der Waals surface area contributed by atoms with E-state index >= 15 is 0 Å². The minimum atomic E-state index is -0.186. The fourth-order valence-electron chi connectivity index (χ4n) is 3.75. The Morgan fingerprint density at radius 3 is 1.82 bits per heavy atom. The average molecular weight is 467 g/mol. The van der Waals surface area contributed by atoms with E-state index in [1.807, 2.05) is 49.4 Å². The second-order valence-corrected chi connectivity index (χ2v) is 9.07. The number of hydrogen-bond donors (Lipinski definition) is 2. The summed E-state index contributed by atoms with van der Waals surface area (Å²) in [6.45, 7) is 4.12. The molecule has 4 aromatic carbocycles. The maximum absolute atomic E-state index is 11.5. The lowest BCUT2D eigenvalue weighted by Gasteiger charge is -2.01. The molecule has 0 aliphatic heterocycles. The van der Waals surface area contributed by atoms with Gasteiger partial charge in [-0.3, -0.25) is 14.0 Å². The first-order chi connectivity index (χ1) is 16.5. The molecular weight excluding hydrogens is 444 g/mol. The summed E-state index contributed by atoms with van der Waals surface area (Å²) in [6.07, 6.45) is 0. The summed E-state index contributed by atoms with van der Waals surface area (Å²) in [7, 11) is 0. The van der Waals surface area contributed by atoms with Crippen LogP contribution in [0.5, 0.6) is 0 Å². The van der Waals surface area contributed by atoms with Crippen LogP contribution in [0.1, 0.15) is 11.1 Å². The van der Waals surface area contributed by atoms with E-state index < -0.39 is 0 Å². The molecule has 6 rings (SSSR count). The van der Waals surface area contributed by atoms with Gasteiger partial charge in [0.25, 0.3) is 11.1 Å². The molecule has 34 heavy (non-hydrogen) atoms. The van der Waals surface area contributed by atoms with Crippen molar-refractivity contribution in [3.05, 3.63) is 117 Å². The van der Waals surface area contributed by atoms with Gasteiger partial charge in [-0.05, 0) is 60.4 Å². The monoisotopic (exact) mass is 466 g/mol. The highest BCUT2D eigenvalue weighted by Crippen LogP contribution is 2.25. The molecule has 2 aromatic heterocycles. The van der Waals surface area contributed by atoms with Crippen molar-refractivity contribution in [3.8, 4) is 22.3 Å². The second-order valence-electron chi connectivity index (χ2n) is 8.22. The number of aromatic nitrogens is 2. The van der Waals surface area contributed by atoms with Crippen LogP contribution in [0.25, 0.3) is 43.3 Å². The van der Waals surface area contributed by atoms with Gasteiger partial charge in [0.2, 0.25) is 0 Å². The third-order valence-corrected chi connectivity index (χ3v) is 6.57. The molecular formula is C28H22N2O3S. The van der Waals surface area contributed by atoms with Crippen LogP contribution in [-0.2, 0) is 0 Å². The van der Waals surface area contributed by atoms with Gasteiger partial charge in [0.1, 0.15) is 0 Å². The molecule has 0 aliphatic rings. The smallest absolute Gasteiger partial charge is 0.287 e. The first-order valence-electron chi connectivity index (χ1n) is 10.8. The summed E-state index contributed by atoms with van der Waals surface area (Å²) in [5.74, 6) is 0. The lowest BCUT2D eigenvalue weighted by Crippen LogP contribution is -1.96. The lowest BCUT2D eigenvalue weighted by molar-refractivity contribution is 0.449. The number of H-pyrrole nitrogens is 2. The van der Waals surface area contributed by atoms with E-state index in [0.717, 1.165) is 26.8 Å². The quantitative estimate of drug-likeness (QED) is 0.299. The lowest BCUT2D eigenvalue weighted by atomic mass is 10.0. The Hall–Kier alpha value is -4.16. The summed E-state index contributed by atoms with van der Waals surface area (Å²) >= 11 is 1.39. The van der Waals surface area contributed by atoms with Gasteiger partial charge < -0.3 is 4.52 Å². The third kappa shape index (κ3) is 4.36.